The van der Waals surface area contributed by atoms with Gasteiger partial charge in [0.15, 0.2) is 0 Å². The fraction of sp³-hybridized carbons (Fsp3) is 0.167. The Labute approximate surface area is 63.5 Å². The first kappa shape index (κ1) is 9.35. The molecule has 4 amide bonds. The first-order valence-corrected chi connectivity index (χ1v) is 2.79. The molecule has 0 aliphatic rings. The van der Waals surface area contributed by atoms with Gasteiger partial charge in [0, 0.05) is 5.57 Å². The Morgan fingerprint density at radius 1 is 1.45 bits per heavy atom. The van der Waals surface area contributed by atoms with Gasteiger partial charge in [0.25, 0.3) is 5.91 Å². The van der Waals surface area contributed by atoms with Crippen molar-refractivity contribution in [2.24, 2.45) is 0 Å². The molecule has 0 aromatic heterocycles. The van der Waals surface area contributed by atoms with Crippen LogP contribution in [0.2, 0.25) is 0 Å². The number of hydrogen-bond donors (Lipinski definition) is 2. The van der Waals surface area contributed by atoms with E-state index in [0.29, 0.717) is 0 Å². The van der Waals surface area contributed by atoms with E-state index < -0.39 is 11.9 Å². The second kappa shape index (κ2) is 4.21. The van der Waals surface area contributed by atoms with Crippen LogP contribution < -0.4 is 10.6 Å². The Morgan fingerprint density at radius 3 is 2.36 bits per heavy atom. The van der Waals surface area contributed by atoms with Gasteiger partial charge in [-0.3, -0.25) is 20.2 Å². The van der Waals surface area contributed by atoms with E-state index in [1.807, 2.05) is 5.32 Å². The minimum absolute atomic E-state index is 0.182. The largest absolute Gasteiger partial charge is 0.328 e. The predicted molar refractivity (Wildman–Crippen MR) is 37.6 cm³/mol. The first-order chi connectivity index (χ1) is 5.07. The van der Waals surface area contributed by atoms with Gasteiger partial charge >= 0.3 is 6.03 Å². The fourth-order valence-electron chi connectivity index (χ4n) is 0.299. The number of urea groups is 1. The van der Waals surface area contributed by atoms with E-state index in [1.54, 1.807) is 5.32 Å². The molecule has 0 aromatic carbocycles. The molecule has 5 heteroatoms. The van der Waals surface area contributed by atoms with Crippen LogP contribution in [0.25, 0.3) is 0 Å². The van der Waals surface area contributed by atoms with E-state index in [2.05, 4.69) is 6.58 Å². The van der Waals surface area contributed by atoms with E-state index in [0.717, 1.165) is 0 Å². The van der Waals surface area contributed by atoms with Gasteiger partial charge < -0.3 is 0 Å². The second-order valence-corrected chi connectivity index (χ2v) is 1.83. The van der Waals surface area contributed by atoms with Crippen molar-refractivity contribution in [2.45, 2.75) is 6.92 Å². The van der Waals surface area contributed by atoms with Gasteiger partial charge in [-0.1, -0.05) is 6.58 Å². The molecule has 60 valence electrons. The summed E-state index contributed by atoms with van der Waals surface area (Å²) < 4.78 is 0. The van der Waals surface area contributed by atoms with Crippen molar-refractivity contribution in [1.82, 2.24) is 10.6 Å². The molecular formula is C6H8N2O3. The van der Waals surface area contributed by atoms with Gasteiger partial charge in [0.1, 0.15) is 0 Å². The van der Waals surface area contributed by atoms with Crippen LogP contribution in [0.1, 0.15) is 6.92 Å². The highest BCUT2D eigenvalue weighted by molar-refractivity contribution is 6.04. The lowest BCUT2D eigenvalue weighted by atomic mass is 10.3. The smallest absolute Gasteiger partial charge is 0.280 e. The molecule has 0 heterocycles. The van der Waals surface area contributed by atoms with Crippen LogP contribution in [-0.4, -0.2) is 18.3 Å². The van der Waals surface area contributed by atoms with Crippen molar-refractivity contribution >= 4 is 18.3 Å². The van der Waals surface area contributed by atoms with Crippen LogP contribution in [0.3, 0.4) is 0 Å². The lowest BCUT2D eigenvalue weighted by Crippen LogP contribution is -2.38. The molecule has 11 heavy (non-hydrogen) atoms. The SMILES string of the molecule is C=C(C)C(=O)NC(=O)NC=O. The molecule has 0 aliphatic carbocycles. The molecule has 0 aliphatic heterocycles. The molecule has 0 rings (SSSR count). The predicted octanol–water partition coefficient (Wildman–Crippen LogP) is -0.455. The monoisotopic (exact) mass is 156 g/mol. The second-order valence-electron chi connectivity index (χ2n) is 1.83. The normalized spacial score (nSPS) is 8.09. The van der Waals surface area contributed by atoms with Crippen molar-refractivity contribution < 1.29 is 14.4 Å². The van der Waals surface area contributed by atoms with Crippen molar-refractivity contribution in [2.75, 3.05) is 0 Å². The summed E-state index contributed by atoms with van der Waals surface area (Å²) in [5, 5.41) is 3.60. The van der Waals surface area contributed by atoms with E-state index in [9.17, 15) is 14.4 Å². The summed E-state index contributed by atoms with van der Waals surface area (Å²) in [5.41, 5.74) is 0.200. The molecule has 0 radical (unpaired) electrons. The molecule has 0 unspecified atom stereocenters. The Kier molecular flexibility index (Phi) is 3.58. The van der Waals surface area contributed by atoms with Gasteiger partial charge in [-0.2, -0.15) is 0 Å². The summed E-state index contributed by atoms with van der Waals surface area (Å²) >= 11 is 0. The van der Waals surface area contributed by atoms with Crippen molar-refractivity contribution in [3.63, 3.8) is 0 Å². The van der Waals surface area contributed by atoms with Crippen molar-refractivity contribution in [3.05, 3.63) is 12.2 Å². The highest BCUT2D eigenvalue weighted by Crippen LogP contribution is 1.83. The first-order valence-electron chi connectivity index (χ1n) is 2.79. The highest BCUT2D eigenvalue weighted by atomic mass is 16.2. The van der Waals surface area contributed by atoms with Crippen LogP contribution >= 0.6 is 0 Å². The number of nitrogens with one attached hydrogen (secondary N) is 2. The van der Waals surface area contributed by atoms with E-state index in [1.165, 1.54) is 6.92 Å². The average molecular weight is 156 g/mol. The molecule has 2 N–H and O–H groups in total. The minimum Gasteiger partial charge on any atom is -0.280 e. The van der Waals surface area contributed by atoms with Crippen LogP contribution in [0, 0.1) is 0 Å². The standard InChI is InChI=1S/C6H8N2O3/c1-4(2)5(10)8-6(11)7-3-9/h3H,1H2,2H3,(H2,7,8,9,10,11). The molecule has 0 aromatic rings. The third-order valence-corrected chi connectivity index (χ3v) is 0.805. The number of rotatable bonds is 2. The number of carbonyl (C=O) groups is 3. The molecule has 0 bridgehead atoms. The Hall–Kier alpha value is -1.65. The number of imide groups is 2. The van der Waals surface area contributed by atoms with Crippen LogP contribution in [0.5, 0.6) is 0 Å². The topological polar surface area (TPSA) is 75.3 Å². The van der Waals surface area contributed by atoms with Crippen LogP contribution in [-0.2, 0) is 9.59 Å². The minimum atomic E-state index is -0.854. The van der Waals surface area contributed by atoms with Crippen molar-refractivity contribution in [1.29, 1.82) is 0 Å². The maximum atomic E-state index is 10.6. The number of amides is 4. The van der Waals surface area contributed by atoms with E-state index in [4.69, 9.17) is 0 Å². The maximum absolute atomic E-state index is 10.6. The average Bonchev–Trinajstić information content (AvgIpc) is 1.87. The molecule has 0 saturated heterocycles. The maximum Gasteiger partial charge on any atom is 0.328 e. The lowest BCUT2D eigenvalue weighted by Gasteiger charge is -1.99. The molecule has 0 atom stereocenters. The van der Waals surface area contributed by atoms with Crippen molar-refractivity contribution in [3.8, 4) is 0 Å². The Balaban J connectivity index is 3.85. The molecule has 0 spiro atoms. The van der Waals surface area contributed by atoms with Crippen LogP contribution in [0.4, 0.5) is 4.79 Å². The molecular weight excluding hydrogens is 148 g/mol. The molecule has 5 nitrogen and oxygen atoms in total. The van der Waals surface area contributed by atoms with E-state index in [-0.39, 0.29) is 12.0 Å². The van der Waals surface area contributed by atoms with Gasteiger partial charge in [-0.05, 0) is 6.92 Å². The third kappa shape index (κ3) is 3.85. The quantitative estimate of drug-likeness (QED) is 0.419. The molecule has 0 saturated carbocycles. The van der Waals surface area contributed by atoms with Crippen LogP contribution in [0.15, 0.2) is 12.2 Å². The summed E-state index contributed by atoms with van der Waals surface area (Å²) in [7, 11) is 0. The number of carbonyl (C=O) groups excluding carboxylic acids is 3. The third-order valence-electron chi connectivity index (χ3n) is 0.805. The van der Waals surface area contributed by atoms with Gasteiger partial charge in [0.2, 0.25) is 6.41 Å². The van der Waals surface area contributed by atoms with E-state index >= 15 is 0 Å². The summed E-state index contributed by atoms with van der Waals surface area (Å²) in [6, 6.07) is -0.854. The summed E-state index contributed by atoms with van der Waals surface area (Å²) in [5.74, 6) is -0.607. The van der Waals surface area contributed by atoms with Gasteiger partial charge in [-0.25, -0.2) is 4.79 Å². The lowest BCUT2D eigenvalue weighted by molar-refractivity contribution is -0.116. The summed E-state index contributed by atoms with van der Waals surface area (Å²) in [4.78, 5) is 30.7. The van der Waals surface area contributed by atoms with Gasteiger partial charge in [0.05, 0.1) is 0 Å². The molecule has 0 fully saturated rings. The fourth-order valence-corrected chi connectivity index (χ4v) is 0.299. The summed E-state index contributed by atoms with van der Waals surface area (Å²) in [6.07, 6.45) is 0.182. The zero-order valence-electron chi connectivity index (χ0n) is 6.01. The number of hydrogen-bond acceptors (Lipinski definition) is 3. The van der Waals surface area contributed by atoms with Gasteiger partial charge in [-0.15, -0.1) is 0 Å². The highest BCUT2D eigenvalue weighted by Gasteiger charge is 2.05. The Morgan fingerprint density at radius 2 is 2.00 bits per heavy atom. The summed E-state index contributed by atoms with van der Waals surface area (Å²) in [6.45, 7) is 4.74. The Bertz CT molecular complexity index is 210. The zero-order chi connectivity index (χ0) is 8.85. The zero-order valence-corrected chi connectivity index (χ0v) is 6.01.